The molecule has 0 spiro atoms. The predicted octanol–water partition coefficient (Wildman–Crippen LogP) is 5.03. The molecule has 7 heteroatoms. The van der Waals surface area contributed by atoms with Crippen LogP contribution in [0.1, 0.15) is 42.1 Å². The SMILES string of the molecule is COc1ccc(OC)c([C@@H]2C[C@](O)(c3ccccc3OC)[C@H](C)[C@H](c3cc(OC)ccc3OC)N2)c1. The van der Waals surface area contributed by atoms with E-state index < -0.39 is 5.60 Å². The second-order valence-electron chi connectivity index (χ2n) is 9.03. The van der Waals surface area contributed by atoms with E-state index in [1.165, 1.54) is 0 Å². The van der Waals surface area contributed by atoms with E-state index in [9.17, 15) is 5.11 Å². The van der Waals surface area contributed by atoms with E-state index in [0.717, 1.165) is 16.7 Å². The van der Waals surface area contributed by atoms with Crippen LogP contribution in [-0.2, 0) is 5.60 Å². The highest BCUT2D eigenvalue weighted by Gasteiger charge is 2.49. The van der Waals surface area contributed by atoms with Crippen LogP contribution in [0.15, 0.2) is 60.7 Å². The molecule has 4 atom stereocenters. The number of rotatable bonds is 8. The molecule has 7 nitrogen and oxygen atoms in total. The van der Waals surface area contributed by atoms with Crippen LogP contribution >= 0.6 is 0 Å². The highest BCUT2D eigenvalue weighted by Crippen LogP contribution is 2.53. The molecule has 1 saturated heterocycles. The molecule has 0 radical (unpaired) electrons. The Kier molecular flexibility index (Phi) is 7.62. The smallest absolute Gasteiger partial charge is 0.124 e. The molecule has 192 valence electrons. The monoisotopic (exact) mass is 493 g/mol. The summed E-state index contributed by atoms with van der Waals surface area (Å²) in [6, 6.07) is 18.5. The molecule has 1 aliphatic heterocycles. The van der Waals surface area contributed by atoms with Crippen LogP contribution in [0.2, 0.25) is 0 Å². The Morgan fingerprint density at radius 1 is 0.722 bits per heavy atom. The Morgan fingerprint density at radius 2 is 1.28 bits per heavy atom. The molecule has 0 aliphatic carbocycles. The molecule has 0 aromatic heterocycles. The van der Waals surface area contributed by atoms with Crippen molar-refractivity contribution in [1.29, 1.82) is 0 Å². The van der Waals surface area contributed by atoms with Crippen LogP contribution in [-0.4, -0.2) is 40.7 Å². The predicted molar refractivity (Wildman–Crippen MR) is 138 cm³/mol. The minimum atomic E-state index is -1.24. The molecule has 2 N–H and O–H groups in total. The van der Waals surface area contributed by atoms with E-state index in [1.807, 2.05) is 67.6 Å². The van der Waals surface area contributed by atoms with Crippen molar-refractivity contribution in [2.75, 3.05) is 35.5 Å². The van der Waals surface area contributed by atoms with Gasteiger partial charge in [0.05, 0.1) is 41.2 Å². The zero-order chi connectivity index (χ0) is 25.9. The van der Waals surface area contributed by atoms with Crippen LogP contribution in [0, 0.1) is 5.92 Å². The summed E-state index contributed by atoms with van der Waals surface area (Å²) >= 11 is 0. The topological polar surface area (TPSA) is 78.4 Å². The van der Waals surface area contributed by atoms with Gasteiger partial charge in [-0.1, -0.05) is 25.1 Å². The minimum absolute atomic E-state index is 0.261. The van der Waals surface area contributed by atoms with E-state index in [0.29, 0.717) is 35.2 Å². The van der Waals surface area contributed by atoms with E-state index >= 15 is 0 Å². The molecule has 0 saturated carbocycles. The first-order valence-corrected chi connectivity index (χ1v) is 12.0. The zero-order valence-corrected chi connectivity index (χ0v) is 21.7. The highest BCUT2D eigenvalue weighted by molar-refractivity contribution is 5.48. The van der Waals surface area contributed by atoms with Gasteiger partial charge in [0.1, 0.15) is 28.7 Å². The Morgan fingerprint density at radius 3 is 1.86 bits per heavy atom. The first-order chi connectivity index (χ1) is 17.4. The molecule has 1 aliphatic rings. The summed E-state index contributed by atoms with van der Waals surface area (Å²) in [6.45, 7) is 2.04. The third kappa shape index (κ3) is 4.56. The van der Waals surface area contributed by atoms with Gasteiger partial charge in [-0.15, -0.1) is 0 Å². The average molecular weight is 494 g/mol. The summed E-state index contributed by atoms with van der Waals surface area (Å²) in [5.41, 5.74) is 1.28. The van der Waals surface area contributed by atoms with Gasteiger partial charge in [0.15, 0.2) is 0 Å². The van der Waals surface area contributed by atoms with Crippen molar-refractivity contribution < 1.29 is 28.8 Å². The van der Waals surface area contributed by atoms with Crippen LogP contribution in [0.5, 0.6) is 28.7 Å². The van der Waals surface area contributed by atoms with Gasteiger partial charge in [0.25, 0.3) is 0 Å². The lowest BCUT2D eigenvalue weighted by Gasteiger charge is -2.48. The number of nitrogens with one attached hydrogen (secondary N) is 1. The molecule has 36 heavy (non-hydrogen) atoms. The molecule has 4 rings (SSSR count). The Labute approximate surface area is 212 Å². The molecule has 1 fully saturated rings. The van der Waals surface area contributed by atoms with Crippen molar-refractivity contribution in [1.82, 2.24) is 5.32 Å². The highest BCUT2D eigenvalue weighted by atomic mass is 16.5. The quantitative estimate of drug-likeness (QED) is 0.456. The number of aliphatic hydroxyl groups is 1. The van der Waals surface area contributed by atoms with Crippen molar-refractivity contribution in [2.24, 2.45) is 5.92 Å². The van der Waals surface area contributed by atoms with E-state index in [4.69, 9.17) is 23.7 Å². The van der Waals surface area contributed by atoms with Gasteiger partial charge in [0.2, 0.25) is 0 Å². The van der Waals surface area contributed by atoms with E-state index in [1.54, 1.807) is 35.5 Å². The normalized spacial score (nSPS) is 23.6. The molecule has 1 heterocycles. The molecule has 0 bridgehead atoms. The number of methoxy groups -OCH3 is 5. The molecule has 3 aromatic rings. The van der Waals surface area contributed by atoms with Crippen molar-refractivity contribution in [3.63, 3.8) is 0 Å². The van der Waals surface area contributed by atoms with Crippen LogP contribution in [0.25, 0.3) is 0 Å². The van der Waals surface area contributed by atoms with Crippen LogP contribution in [0.4, 0.5) is 0 Å². The van der Waals surface area contributed by atoms with E-state index in [2.05, 4.69) is 5.32 Å². The first-order valence-electron chi connectivity index (χ1n) is 12.0. The van der Waals surface area contributed by atoms with Crippen molar-refractivity contribution >= 4 is 0 Å². The van der Waals surface area contributed by atoms with Gasteiger partial charge in [-0.25, -0.2) is 0 Å². The van der Waals surface area contributed by atoms with Crippen molar-refractivity contribution in [3.05, 3.63) is 77.4 Å². The fraction of sp³-hybridized carbons (Fsp3) is 0.379. The summed E-state index contributed by atoms with van der Waals surface area (Å²) < 4.78 is 28.2. The maximum absolute atomic E-state index is 12.5. The largest absolute Gasteiger partial charge is 0.497 e. The molecule has 0 unspecified atom stereocenters. The summed E-state index contributed by atoms with van der Waals surface area (Å²) in [5, 5.41) is 16.3. The van der Waals surface area contributed by atoms with Crippen LogP contribution < -0.4 is 29.0 Å². The summed E-state index contributed by atoms with van der Waals surface area (Å²) in [5.74, 6) is 3.22. The third-order valence-corrected chi connectivity index (χ3v) is 7.31. The van der Waals surface area contributed by atoms with Crippen LogP contribution in [0.3, 0.4) is 0 Å². The van der Waals surface area contributed by atoms with Crippen molar-refractivity contribution in [2.45, 2.75) is 31.0 Å². The Balaban J connectivity index is 1.92. The number of piperidine rings is 1. The fourth-order valence-electron chi connectivity index (χ4n) is 5.30. The fourth-order valence-corrected chi connectivity index (χ4v) is 5.30. The lowest BCUT2D eigenvalue weighted by Crippen LogP contribution is -2.50. The van der Waals surface area contributed by atoms with Gasteiger partial charge in [-0.3, -0.25) is 0 Å². The standard InChI is InChI=1S/C29H35NO6/c1-18-28(22-16-20(33-3)12-14-26(22)35-5)30-24(21-15-19(32-2)11-13-25(21)34-4)17-29(18,31)23-9-7-8-10-27(23)36-6/h7-16,18,24,28,30-31H,17H2,1-6H3/t18-,24+,28-,29-/m1/s1. The lowest BCUT2D eigenvalue weighted by molar-refractivity contribution is -0.0760. The van der Waals surface area contributed by atoms with Gasteiger partial charge < -0.3 is 34.1 Å². The number of benzene rings is 3. The van der Waals surface area contributed by atoms with Gasteiger partial charge in [0, 0.05) is 41.1 Å². The second-order valence-corrected chi connectivity index (χ2v) is 9.03. The summed E-state index contributed by atoms with van der Waals surface area (Å²) in [6.07, 6.45) is 0.390. The van der Waals surface area contributed by atoms with Gasteiger partial charge in [-0.05, 0) is 42.5 Å². The summed E-state index contributed by atoms with van der Waals surface area (Å²) in [7, 11) is 8.19. The first kappa shape index (κ1) is 25.7. The Bertz CT molecular complexity index is 1200. The molecule has 0 amide bonds. The maximum Gasteiger partial charge on any atom is 0.124 e. The van der Waals surface area contributed by atoms with Gasteiger partial charge in [-0.2, -0.15) is 0 Å². The average Bonchev–Trinajstić information content (AvgIpc) is 2.93. The molecule has 3 aromatic carbocycles. The second kappa shape index (κ2) is 10.7. The zero-order valence-electron chi connectivity index (χ0n) is 21.7. The summed E-state index contributed by atoms with van der Waals surface area (Å²) in [4.78, 5) is 0. The number of hydrogen-bond donors (Lipinski definition) is 2. The maximum atomic E-state index is 12.5. The minimum Gasteiger partial charge on any atom is -0.497 e. The van der Waals surface area contributed by atoms with Crippen molar-refractivity contribution in [3.8, 4) is 28.7 Å². The third-order valence-electron chi connectivity index (χ3n) is 7.31. The molecular weight excluding hydrogens is 458 g/mol. The Hall–Kier alpha value is -3.42. The van der Waals surface area contributed by atoms with E-state index in [-0.39, 0.29) is 18.0 Å². The lowest BCUT2D eigenvalue weighted by atomic mass is 9.68. The number of hydrogen-bond acceptors (Lipinski definition) is 7. The van der Waals surface area contributed by atoms with Gasteiger partial charge >= 0.3 is 0 Å². The number of ether oxygens (including phenoxy) is 5. The molecular formula is C29H35NO6. The number of para-hydroxylation sites is 1.